The molecule has 1 aromatic rings. The highest BCUT2D eigenvalue weighted by molar-refractivity contribution is 6.34. The first kappa shape index (κ1) is 13.0. The van der Waals surface area contributed by atoms with Crippen molar-refractivity contribution in [1.29, 1.82) is 0 Å². The molecule has 1 aliphatic rings. The number of rotatable bonds is 2. The Morgan fingerprint density at radius 2 is 2.39 bits per heavy atom. The lowest BCUT2D eigenvalue weighted by Crippen LogP contribution is -2.53. The van der Waals surface area contributed by atoms with Crippen LogP contribution in [-0.4, -0.2) is 38.8 Å². The number of morpholine rings is 1. The summed E-state index contributed by atoms with van der Waals surface area (Å²) in [6.07, 6.45) is 0. The minimum Gasteiger partial charge on any atom is -0.397 e. The van der Waals surface area contributed by atoms with Crippen LogP contribution in [-0.2, 0) is 9.53 Å². The third-order valence-corrected chi connectivity index (χ3v) is 3.29. The molecule has 0 spiro atoms. The molecule has 6 heteroatoms. The number of ether oxygens (including phenoxy) is 1. The molecule has 98 valence electrons. The molecule has 2 rings (SSSR count). The number of likely N-dealkylation sites (N-methyl/N-ethyl adjacent to an activating group) is 1. The summed E-state index contributed by atoms with van der Waals surface area (Å²) >= 11 is 6.18. The van der Waals surface area contributed by atoms with Crippen LogP contribution in [0, 0.1) is 0 Å². The van der Waals surface area contributed by atoms with Gasteiger partial charge in [-0.25, -0.2) is 0 Å². The molecule has 0 radical (unpaired) electrons. The Morgan fingerprint density at radius 1 is 1.61 bits per heavy atom. The molecule has 1 atom stereocenters. The van der Waals surface area contributed by atoms with Gasteiger partial charge in [-0.2, -0.15) is 0 Å². The van der Waals surface area contributed by atoms with Gasteiger partial charge in [-0.15, -0.1) is 0 Å². The number of nitrogens with zero attached hydrogens (tertiary/aromatic N) is 1. The Balaban J connectivity index is 2.37. The minimum absolute atomic E-state index is 0.103. The van der Waals surface area contributed by atoms with E-state index in [2.05, 4.69) is 5.32 Å². The monoisotopic (exact) mass is 269 g/mol. The van der Waals surface area contributed by atoms with Gasteiger partial charge in [-0.3, -0.25) is 4.79 Å². The maximum absolute atomic E-state index is 11.9. The van der Waals surface area contributed by atoms with Gasteiger partial charge in [-0.1, -0.05) is 17.7 Å². The SMILES string of the molecule is CNC(=O)C1COCCN1c1c(N)cccc1Cl. The number of hydrogen-bond donors (Lipinski definition) is 2. The van der Waals surface area contributed by atoms with Crippen molar-refractivity contribution in [1.82, 2.24) is 5.32 Å². The van der Waals surface area contributed by atoms with Crippen LogP contribution >= 0.6 is 11.6 Å². The van der Waals surface area contributed by atoms with Crippen LogP contribution in [0.25, 0.3) is 0 Å². The molecule has 3 N–H and O–H groups in total. The number of benzene rings is 1. The average Bonchev–Trinajstić information content (AvgIpc) is 2.38. The van der Waals surface area contributed by atoms with Gasteiger partial charge < -0.3 is 20.7 Å². The second-order valence-electron chi connectivity index (χ2n) is 4.08. The zero-order chi connectivity index (χ0) is 13.1. The van der Waals surface area contributed by atoms with E-state index in [-0.39, 0.29) is 5.91 Å². The molecule has 1 aliphatic heterocycles. The molecule has 0 saturated carbocycles. The van der Waals surface area contributed by atoms with Gasteiger partial charge >= 0.3 is 0 Å². The zero-order valence-electron chi connectivity index (χ0n) is 10.1. The zero-order valence-corrected chi connectivity index (χ0v) is 10.9. The largest absolute Gasteiger partial charge is 0.397 e. The normalized spacial score (nSPS) is 19.7. The van der Waals surface area contributed by atoms with Crippen molar-refractivity contribution in [2.24, 2.45) is 0 Å². The fraction of sp³-hybridized carbons (Fsp3) is 0.417. The highest BCUT2D eigenvalue weighted by Crippen LogP contribution is 2.34. The summed E-state index contributed by atoms with van der Waals surface area (Å²) < 4.78 is 5.35. The van der Waals surface area contributed by atoms with Gasteiger partial charge in [0.05, 0.1) is 29.6 Å². The molecule has 1 fully saturated rings. The van der Waals surface area contributed by atoms with Crippen LogP contribution in [0.5, 0.6) is 0 Å². The lowest BCUT2D eigenvalue weighted by molar-refractivity contribution is -0.124. The predicted octanol–water partition coefficient (Wildman–Crippen LogP) is 0.873. The molecule has 1 unspecified atom stereocenters. The van der Waals surface area contributed by atoms with Crippen molar-refractivity contribution >= 4 is 28.9 Å². The van der Waals surface area contributed by atoms with Crippen LogP contribution < -0.4 is 16.0 Å². The third-order valence-electron chi connectivity index (χ3n) is 2.98. The maximum Gasteiger partial charge on any atom is 0.244 e. The van der Waals surface area contributed by atoms with E-state index in [1.807, 2.05) is 4.90 Å². The molecule has 18 heavy (non-hydrogen) atoms. The van der Waals surface area contributed by atoms with Crippen LogP contribution in [0.2, 0.25) is 5.02 Å². The lowest BCUT2D eigenvalue weighted by Gasteiger charge is -2.37. The highest BCUT2D eigenvalue weighted by atomic mass is 35.5. The standard InChI is InChI=1S/C12H16ClN3O2/c1-15-12(17)10-7-18-6-5-16(10)11-8(13)3-2-4-9(11)14/h2-4,10H,5-7,14H2,1H3,(H,15,17). The van der Waals surface area contributed by atoms with Gasteiger partial charge in [0.1, 0.15) is 6.04 Å². The summed E-state index contributed by atoms with van der Waals surface area (Å²) in [4.78, 5) is 13.8. The fourth-order valence-electron chi connectivity index (χ4n) is 2.09. The summed E-state index contributed by atoms with van der Waals surface area (Å²) in [7, 11) is 1.60. The summed E-state index contributed by atoms with van der Waals surface area (Å²) in [5.41, 5.74) is 7.23. The van der Waals surface area contributed by atoms with Crippen molar-refractivity contribution in [2.45, 2.75) is 6.04 Å². The summed E-state index contributed by atoms with van der Waals surface area (Å²) in [6, 6.07) is 4.93. The quantitative estimate of drug-likeness (QED) is 0.782. The van der Waals surface area contributed by atoms with Crippen molar-refractivity contribution in [2.75, 3.05) is 37.4 Å². The number of amides is 1. The highest BCUT2D eigenvalue weighted by Gasteiger charge is 2.31. The Kier molecular flexibility index (Phi) is 3.93. The number of nitrogens with two attached hydrogens (primary N) is 1. The molecular weight excluding hydrogens is 254 g/mol. The molecule has 1 saturated heterocycles. The first-order valence-electron chi connectivity index (χ1n) is 5.75. The number of halogens is 1. The van der Waals surface area contributed by atoms with E-state index in [9.17, 15) is 4.79 Å². The Morgan fingerprint density at radius 3 is 3.06 bits per heavy atom. The topological polar surface area (TPSA) is 67.6 Å². The Labute approximate surface area is 111 Å². The van der Waals surface area contributed by atoms with E-state index < -0.39 is 6.04 Å². The maximum atomic E-state index is 11.9. The second-order valence-corrected chi connectivity index (χ2v) is 4.48. The summed E-state index contributed by atoms with van der Waals surface area (Å²) in [5, 5.41) is 3.18. The van der Waals surface area contributed by atoms with Gasteiger partial charge in [0, 0.05) is 13.6 Å². The third kappa shape index (κ3) is 2.37. The van der Waals surface area contributed by atoms with Gasteiger partial charge in [0.2, 0.25) is 5.91 Å². The number of nitrogen functional groups attached to an aromatic ring is 1. The van der Waals surface area contributed by atoms with Gasteiger partial charge in [-0.05, 0) is 12.1 Å². The first-order chi connectivity index (χ1) is 8.65. The molecular formula is C12H16ClN3O2. The first-order valence-corrected chi connectivity index (χ1v) is 6.13. The van der Waals surface area contributed by atoms with E-state index in [0.29, 0.717) is 36.2 Å². The van der Waals surface area contributed by atoms with Crippen LogP contribution in [0.4, 0.5) is 11.4 Å². The lowest BCUT2D eigenvalue weighted by atomic mass is 10.1. The van der Waals surface area contributed by atoms with Crippen molar-refractivity contribution < 1.29 is 9.53 Å². The van der Waals surface area contributed by atoms with E-state index in [4.69, 9.17) is 22.1 Å². The predicted molar refractivity (Wildman–Crippen MR) is 71.9 cm³/mol. The van der Waals surface area contributed by atoms with E-state index in [1.54, 1.807) is 25.2 Å². The fourth-order valence-corrected chi connectivity index (χ4v) is 2.38. The number of carbonyl (C=O) groups is 1. The van der Waals surface area contributed by atoms with Crippen molar-refractivity contribution in [3.63, 3.8) is 0 Å². The van der Waals surface area contributed by atoms with Crippen LogP contribution in [0.3, 0.4) is 0 Å². The molecule has 1 aromatic carbocycles. The number of hydrogen-bond acceptors (Lipinski definition) is 4. The molecule has 1 heterocycles. The Bertz CT molecular complexity index is 433. The molecule has 0 aliphatic carbocycles. The number of carbonyl (C=O) groups excluding carboxylic acids is 1. The number of nitrogens with one attached hydrogen (secondary N) is 1. The molecule has 5 nitrogen and oxygen atoms in total. The van der Waals surface area contributed by atoms with Crippen LogP contribution in [0.1, 0.15) is 0 Å². The number of anilines is 2. The molecule has 1 amide bonds. The van der Waals surface area contributed by atoms with E-state index in [0.717, 1.165) is 0 Å². The van der Waals surface area contributed by atoms with Gasteiger partial charge in [0.25, 0.3) is 0 Å². The summed E-state index contributed by atoms with van der Waals surface area (Å²) in [6.45, 7) is 1.48. The number of para-hydroxylation sites is 1. The van der Waals surface area contributed by atoms with E-state index >= 15 is 0 Å². The minimum atomic E-state index is -0.397. The van der Waals surface area contributed by atoms with Crippen molar-refractivity contribution in [3.05, 3.63) is 23.2 Å². The smallest absolute Gasteiger partial charge is 0.244 e. The molecule has 0 bridgehead atoms. The summed E-state index contributed by atoms with van der Waals surface area (Å²) in [5.74, 6) is -0.103. The Hall–Kier alpha value is -1.46. The van der Waals surface area contributed by atoms with E-state index in [1.165, 1.54) is 0 Å². The van der Waals surface area contributed by atoms with Crippen molar-refractivity contribution in [3.8, 4) is 0 Å². The average molecular weight is 270 g/mol. The molecule has 0 aromatic heterocycles. The second kappa shape index (κ2) is 5.46. The van der Waals surface area contributed by atoms with Gasteiger partial charge in [0.15, 0.2) is 0 Å². The van der Waals surface area contributed by atoms with Crippen LogP contribution in [0.15, 0.2) is 18.2 Å².